The maximum atomic E-state index is 11.0. The molecule has 4 rings (SSSR count). The molecule has 6 nitrogen and oxygen atoms in total. The van der Waals surface area contributed by atoms with Crippen molar-refractivity contribution in [1.82, 2.24) is 4.98 Å². The molecule has 4 N–H and O–H groups in total. The summed E-state index contributed by atoms with van der Waals surface area (Å²) in [6, 6.07) is 6.76. The zero-order valence-electron chi connectivity index (χ0n) is 18.2. The molecule has 1 aromatic heterocycles. The van der Waals surface area contributed by atoms with Gasteiger partial charge in [-0.2, -0.15) is 0 Å². The van der Waals surface area contributed by atoms with Crippen molar-refractivity contribution < 1.29 is 18.9 Å². The van der Waals surface area contributed by atoms with Crippen molar-refractivity contribution in [2.24, 2.45) is 5.73 Å². The van der Waals surface area contributed by atoms with Crippen molar-refractivity contribution in [3.8, 4) is 10.4 Å². The third-order valence-electron chi connectivity index (χ3n) is 6.63. The predicted octanol–water partition coefficient (Wildman–Crippen LogP) is 5.11. The average Bonchev–Trinajstić information content (AvgIpc) is 3.33. The minimum absolute atomic E-state index is 0.107. The summed E-state index contributed by atoms with van der Waals surface area (Å²) in [5.41, 5.74) is 10.9. The Hall–Kier alpha value is -1.08. The first kappa shape index (κ1) is 23.1. The van der Waals surface area contributed by atoms with Crippen molar-refractivity contribution in [2.75, 3.05) is 6.61 Å². The number of benzene rings is 1. The summed E-state index contributed by atoms with van der Waals surface area (Å²) in [5.74, 6) is 0.299. The molecule has 8 heteroatoms. The summed E-state index contributed by atoms with van der Waals surface area (Å²) in [6.07, 6.45) is 10.4. The molecule has 170 valence electrons. The molecule has 1 aromatic carbocycles. The molecule has 2 aromatic rings. The van der Waals surface area contributed by atoms with Crippen molar-refractivity contribution >= 4 is 19.2 Å². The van der Waals surface area contributed by atoms with E-state index in [1.807, 2.05) is 11.3 Å². The first-order valence-corrected chi connectivity index (χ1v) is 13.7. The average molecular weight is 465 g/mol. The van der Waals surface area contributed by atoms with Gasteiger partial charge in [-0.25, -0.2) is 9.55 Å². The normalized spacial score (nSPS) is 23.0. The van der Waals surface area contributed by atoms with Crippen LogP contribution in [0.2, 0.25) is 0 Å². The van der Waals surface area contributed by atoms with E-state index in [0.29, 0.717) is 18.8 Å². The summed E-state index contributed by atoms with van der Waals surface area (Å²) in [4.78, 5) is 24.3. The number of aryl methyl sites for hydroxylation is 3. The number of thiazole rings is 1. The van der Waals surface area contributed by atoms with Crippen molar-refractivity contribution in [3.63, 3.8) is 0 Å². The van der Waals surface area contributed by atoms with E-state index in [2.05, 4.69) is 25.1 Å². The number of phosphoric ester groups is 1. The van der Waals surface area contributed by atoms with Crippen LogP contribution in [0.15, 0.2) is 18.2 Å². The van der Waals surface area contributed by atoms with Crippen LogP contribution >= 0.6 is 19.2 Å². The van der Waals surface area contributed by atoms with Gasteiger partial charge in [-0.1, -0.05) is 44.4 Å². The predicted molar refractivity (Wildman–Crippen MR) is 124 cm³/mol. The Morgan fingerprint density at radius 1 is 1.29 bits per heavy atom. The largest absolute Gasteiger partial charge is 0.469 e. The van der Waals surface area contributed by atoms with Gasteiger partial charge in [0.1, 0.15) is 0 Å². The highest BCUT2D eigenvalue weighted by Gasteiger charge is 2.38. The van der Waals surface area contributed by atoms with E-state index in [-0.39, 0.29) is 6.61 Å². The van der Waals surface area contributed by atoms with Crippen LogP contribution in [0.1, 0.15) is 79.6 Å². The number of fused-ring (bicyclic) bond motifs is 3. The Labute approximate surface area is 188 Å². The highest BCUT2D eigenvalue weighted by Crippen LogP contribution is 2.45. The van der Waals surface area contributed by atoms with Crippen molar-refractivity contribution in [3.05, 3.63) is 40.0 Å². The number of hydrogen-bond acceptors (Lipinski definition) is 5. The van der Waals surface area contributed by atoms with E-state index in [4.69, 9.17) is 25.0 Å². The van der Waals surface area contributed by atoms with Gasteiger partial charge >= 0.3 is 7.82 Å². The lowest BCUT2D eigenvalue weighted by molar-refractivity contribution is 0.153. The van der Waals surface area contributed by atoms with Gasteiger partial charge in [-0.05, 0) is 67.6 Å². The molecule has 2 aliphatic rings. The molecule has 2 atom stereocenters. The van der Waals surface area contributed by atoms with E-state index in [1.165, 1.54) is 58.0 Å². The van der Waals surface area contributed by atoms with Crippen LogP contribution in [-0.2, 0) is 28.4 Å². The molecule has 0 aliphatic heterocycles. The Balaban J connectivity index is 1.44. The van der Waals surface area contributed by atoms with Gasteiger partial charge in [0.2, 0.25) is 0 Å². The van der Waals surface area contributed by atoms with Gasteiger partial charge < -0.3 is 15.5 Å². The molecule has 1 fully saturated rings. The zero-order chi connectivity index (χ0) is 22.1. The summed E-state index contributed by atoms with van der Waals surface area (Å²) in [5, 5.41) is 1.27. The number of nitrogens with zero attached hydrogens (tertiary/aromatic N) is 1. The smallest absolute Gasteiger partial charge is 0.323 e. The Kier molecular flexibility index (Phi) is 7.02. The van der Waals surface area contributed by atoms with Crippen LogP contribution in [0, 0.1) is 0 Å². The summed E-state index contributed by atoms with van der Waals surface area (Å²) in [6.45, 7) is 2.13. The van der Waals surface area contributed by atoms with Gasteiger partial charge in [0, 0.05) is 5.54 Å². The van der Waals surface area contributed by atoms with Gasteiger partial charge in [0.05, 0.1) is 22.2 Å². The highest BCUT2D eigenvalue weighted by atomic mass is 32.1. The standard InChI is InChI=1S/C23H33N2O4PS/c1-2-3-4-5-6-21-25-20-10-8-17-13-16(7-9-19(17)22(20)31-21)18-11-12-23(24,14-18)15-29-30(26,27)28/h7,9,13,18H,2-6,8,10-12,14-15,24H2,1H3,(H2,26,27,28)/t18-,23+/m0/s1. The number of hydrogen-bond donors (Lipinski definition) is 3. The lowest BCUT2D eigenvalue weighted by atomic mass is 9.87. The molecular formula is C23H33N2O4PS. The Morgan fingerprint density at radius 2 is 2.13 bits per heavy atom. The topological polar surface area (TPSA) is 106 Å². The van der Waals surface area contributed by atoms with Crippen LogP contribution in [-0.4, -0.2) is 26.9 Å². The van der Waals surface area contributed by atoms with E-state index >= 15 is 0 Å². The van der Waals surface area contributed by atoms with E-state index in [1.54, 1.807) is 0 Å². The van der Waals surface area contributed by atoms with Crippen molar-refractivity contribution in [1.29, 1.82) is 0 Å². The molecule has 1 saturated carbocycles. The van der Waals surface area contributed by atoms with Crippen LogP contribution in [0.25, 0.3) is 10.4 Å². The van der Waals surface area contributed by atoms with Crippen LogP contribution in [0.4, 0.5) is 0 Å². The second kappa shape index (κ2) is 9.42. The zero-order valence-corrected chi connectivity index (χ0v) is 19.9. The van der Waals surface area contributed by atoms with Crippen LogP contribution in [0.3, 0.4) is 0 Å². The summed E-state index contributed by atoms with van der Waals surface area (Å²) in [7, 11) is -4.49. The molecular weight excluding hydrogens is 431 g/mol. The molecule has 0 amide bonds. The second-order valence-corrected chi connectivity index (χ2v) is 11.5. The minimum Gasteiger partial charge on any atom is -0.323 e. The maximum Gasteiger partial charge on any atom is 0.469 e. The molecule has 0 unspecified atom stereocenters. The highest BCUT2D eigenvalue weighted by molar-refractivity contribution is 7.46. The third kappa shape index (κ3) is 5.65. The fraction of sp³-hybridized carbons (Fsp3) is 0.609. The fourth-order valence-corrected chi connectivity index (χ4v) is 6.56. The number of rotatable bonds is 9. The molecule has 1 heterocycles. The van der Waals surface area contributed by atoms with Gasteiger partial charge in [0.15, 0.2) is 0 Å². The second-order valence-electron chi connectivity index (χ2n) is 9.18. The van der Waals surface area contributed by atoms with E-state index in [9.17, 15) is 4.57 Å². The van der Waals surface area contributed by atoms with Crippen molar-refractivity contribution in [2.45, 2.75) is 82.6 Å². The van der Waals surface area contributed by atoms with E-state index < -0.39 is 13.4 Å². The molecule has 0 bridgehead atoms. The molecule has 31 heavy (non-hydrogen) atoms. The lowest BCUT2D eigenvalue weighted by Crippen LogP contribution is -2.41. The number of nitrogens with two attached hydrogens (primary N) is 1. The molecule has 0 radical (unpaired) electrons. The maximum absolute atomic E-state index is 11.0. The van der Waals surface area contributed by atoms with Gasteiger partial charge in [0.25, 0.3) is 0 Å². The molecule has 2 aliphatic carbocycles. The van der Waals surface area contributed by atoms with Crippen LogP contribution < -0.4 is 5.73 Å². The quantitative estimate of drug-likeness (QED) is 0.352. The van der Waals surface area contributed by atoms with Crippen LogP contribution in [0.5, 0.6) is 0 Å². The summed E-state index contributed by atoms with van der Waals surface area (Å²) >= 11 is 1.86. The Bertz CT molecular complexity index is 972. The number of phosphoric acid groups is 1. The first-order valence-electron chi connectivity index (χ1n) is 11.4. The summed E-state index contributed by atoms with van der Waals surface area (Å²) < 4.78 is 15.8. The third-order valence-corrected chi connectivity index (χ3v) is 8.28. The SMILES string of the molecule is CCCCCCc1nc2c(s1)-c1ccc([C@H]3CC[C@](N)(COP(=O)(O)O)C3)cc1CC2. The fourth-order valence-electron chi connectivity index (χ4n) is 4.92. The monoisotopic (exact) mass is 464 g/mol. The Morgan fingerprint density at radius 3 is 2.90 bits per heavy atom. The van der Waals surface area contributed by atoms with E-state index in [0.717, 1.165) is 25.7 Å². The van der Waals surface area contributed by atoms with Gasteiger partial charge in [-0.3, -0.25) is 4.52 Å². The number of unbranched alkanes of at least 4 members (excludes halogenated alkanes) is 3. The minimum atomic E-state index is -4.49. The van der Waals surface area contributed by atoms with Gasteiger partial charge in [-0.15, -0.1) is 11.3 Å². The number of aromatic nitrogens is 1. The molecule has 0 spiro atoms. The lowest BCUT2D eigenvalue weighted by Gasteiger charge is -2.24. The first-order chi connectivity index (χ1) is 14.8. The molecule has 0 saturated heterocycles.